The highest BCUT2D eigenvalue weighted by Crippen LogP contribution is 2.34. The van der Waals surface area contributed by atoms with Gasteiger partial charge in [0.1, 0.15) is 41.8 Å². The molecule has 5 rings (SSSR count). The number of carbonyl (C=O) groups excluding carboxylic acids is 1. The van der Waals surface area contributed by atoms with E-state index < -0.39 is 11.8 Å². The van der Waals surface area contributed by atoms with Crippen molar-refractivity contribution in [2.24, 2.45) is 0 Å². The fourth-order valence-electron chi connectivity index (χ4n) is 3.85. The SMILES string of the molecule is C[S+](C)CCOCn1c(-c2ccc(O)cc2)cc2c(Oc3ccc(NC(=O)NC4CC4)c(F)c3)ncnc21. The van der Waals surface area contributed by atoms with Crippen LogP contribution < -0.4 is 15.4 Å². The maximum absolute atomic E-state index is 14.7. The number of phenolic OH excluding ortho intramolecular Hbond substituents is 1. The number of aromatic nitrogens is 3. The molecule has 11 heteroatoms. The van der Waals surface area contributed by atoms with Crippen molar-refractivity contribution in [1.82, 2.24) is 19.9 Å². The van der Waals surface area contributed by atoms with E-state index in [2.05, 4.69) is 33.1 Å². The Hall–Kier alpha value is -3.83. The largest absolute Gasteiger partial charge is 0.508 e. The minimum Gasteiger partial charge on any atom is -0.508 e. The third-order valence-corrected chi connectivity index (χ3v) is 6.97. The van der Waals surface area contributed by atoms with Gasteiger partial charge >= 0.3 is 6.03 Å². The molecular weight excluding hydrogens is 509 g/mol. The van der Waals surface area contributed by atoms with E-state index in [-0.39, 0.29) is 46.7 Å². The van der Waals surface area contributed by atoms with Crippen molar-refractivity contribution in [1.29, 1.82) is 0 Å². The number of benzene rings is 2. The summed E-state index contributed by atoms with van der Waals surface area (Å²) >= 11 is 0. The van der Waals surface area contributed by atoms with Gasteiger partial charge < -0.3 is 29.8 Å². The second kappa shape index (κ2) is 11.3. The van der Waals surface area contributed by atoms with Crippen molar-refractivity contribution in [3.8, 4) is 28.6 Å². The average molecular weight is 539 g/mol. The lowest BCUT2D eigenvalue weighted by Gasteiger charge is -2.11. The molecule has 0 radical (unpaired) electrons. The minimum absolute atomic E-state index is 0.0586. The Morgan fingerprint density at radius 3 is 2.66 bits per heavy atom. The Morgan fingerprint density at radius 1 is 1.16 bits per heavy atom. The minimum atomic E-state index is -0.625. The lowest BCUT2D eigenvalue weighted by atomic mass is 10.1. The van der Waals surface area contributed by atoms with Crippen molar-refractivity contribution in [2.45, 2.75) is 25.6 Å². The zero-order chi connectivity index (χ0) is 26.6. The summed E-state index contributed by atoms with van der Waals surface area (Å²) in [7, 11) is 0.266. The van der Waals surface area contributed by atoms with E-state index in [1.54, 1.807) is 18.2 Å². The summed E-state index contributed by atoms with van der Waals surface area (Å²) in [6.07, 6.45) is 7.61. The molecule has 2 heterocycles. The molecule has 2 aromatic carbocycles. The summed E-state index contributed by atoms with van der Waals surface area (Å²) in [5.41, 5.74) is 2.32. The molecule has 0 saturated heterocycles. The first-order valence-electron chi connectivity index (χ1n) is 12.2. The maximum Gasteiger partial charge on any atom is 0.319 e. The van der Waals surface area contributed by atoms with E-state index in [4.69, 9.17) is 9.47 Å². The molecule has 0 aliphatic heterocycles. The normalized spacial score (nSPS) is 13.2. The second-order valence-electron chi connectivity index (χ2n) is 9.26. The van der Waals surface area contributed by atoms with Crippen LogP contribution in [0.15, 0.2) is 54.9 Å². The highest BCUT2D eigenvalue weighted by molar-refractivity contribution is 7.95. The van der Waals surface area contributed by atoms with Crippen molar-refractivity contribution < 1.29 is 23.8 Å². The van der Waals surface area contributed by atoms with E-state index in [9.17, 15) is 14.3 Å². The van der Waals surface area contributed by atoms with Crippen LogP contribution in [0.4, 0.5) is 14.9 Å². The van der Waals surface area contributed by atoms with E-state index in [0.29, 0.717) is 17.6 Å². The number of nitrogens with one attached hydrogen (secondary N) is 2. The molecule has 38 heavy (non-hydrogen) atoms. The van der Waals surface area contributed by atoms with Crippen LogP contribution >= 0.6 is 0 Å². The smallest absolute Gasteiger partial charge is 0.319 e. The Morgan fingerprint density at radius 2 is 1.95 bits per heavy atom. The zero-order valence-corrected chi connectivity index (χ0v) is 21.9. The van der Waals surface area contributed by atoms with Gasteiger partial charge in [-0.2, -0.15) is 0 Å². The Kier molecular flexibility index (Phi) is 7.66. The van der Waals surface area contributed by atoms with Gasteiger partial charge in [0.05, 0.1) is 35.9 Å². The van der Waals surface area contributed by atoms with E-state index in [1.165, 1.54) is 18.5 Å². The van der Waals surface area contributed by atoms with E-state index >= 15 is 0 Å². The molecule has 1 aliphatic rings. The fourth-order valence-corrected chi connectivity index (χ4v) is 4.30. The highest BCUT2D eigenvalue weighted by atomic mass is 32.2. The van der Waals surface area contributed by atoms with Gasteiger partial charge in [-0.25, -0.2) is 19.2 Å². The molecule has 1 fully saturated rings. The third kappa shape index (κ3) is 6.17. The van der Waals surface area contributed by atoms with Gasteiger partial charge in [0.25, 0.3) is 0 Å². The van der Waals surface area contributed by atoms with Crippen LogP contribution in [0.25, 0.3) is 22.3 Å². The van der Waals surface area contributed by atoms with Crippen LogP contribution in [0.2, 0.25) is 0 Å². The number of fused-ring (bicyclic) bond motifs is 1. The second-order valence-corrected chi connectivity index (χ2v) is 11.6. The van der Waals surface area contributed by atoms with Crippen LogP contribution in [-0.2, 0) is 22.4 Å². The summed E-state index contributed by atoms with van der Waals surface area (Å²) in [6.45, 7) is 0.878. The molecule has 198 valence electrons. The first kappa shape index (κ1) is 25.8. The van der Waals surface area contributed by atoms with E-state index in [1.807, 2.05) is 22.8 Å². The third-order valence-electron chi connectivity index (χ3n) is 5.99. The molecule has 0 bridgehead atoms. The van der Waals surface area contributed by atoms with Crippen LogP contribution in [0, 0.1) is 5.82 Å². The Labute approximate surface area is 222 Å². The van der Waals surface area contributed by atoms with Gasteiger partial charge in [-0.3, -0.25) is 0 Å². The predicted molar refractivity (Wildman–Crippen MR) is 146 cm³/mol. The van der Waals surface area contributed by atoms with Crippen LogP contribution in [0.5, 0.6) is 17.4 Å². The number of carbonyl (C=O) groups is 1. The predicted octanol–water partition coefficient (Wildman–Crippen LogP) is 4.87. The quantitative estimate of drug-likeness (QED) is 0.196. The standard InChI is InChI=1S/C27H28FN5O4S/c1-38(2)12-11-36-16-33-24(17-3-7-19(34)8-4-17)14-21-25(33)29-15-30-26(21)37-20-9-10-23(22(28)13-20)32-27(35)31-18-5-6-18/h3-4,7-10,13-15,18H,5-6,11-12,16H2,1-2H3,(H2-,31,32,34,35)/p+1. The van der Waals surface area contributed by atoms with Crippen molar-refractivity contribution in [3.05, 3.63) is 60.7 Å². The maximum atomic E-state index is 14.7. The fraction of sp³-hybridized carbons (Fsp3) is 0.296. The number of phenols is 1. The molecule has 4 aromatic rings. The number of nitrogens with zero attached hydrogens (tertiary/aromatic N) is 3. The van der Waals surface area contributed by atoms with Gasteiger partial charge in [-0.1, -0.05) is 0 Å². The Balaban J connectivity index is 1.42. The molecule has 3 N–H and O–H groups in total. The van der Waals surface area contributed by atoms with Crippen molar-refractivity contribution >= 4 is 33.6 Å². The van der Waals surface area contributed by atoms with Crippen LogP contribution in [-0.4, -0.2) is 56.6 Å². The number of hydrogen-bond donors (Lipinski definition) is 3. The number of urea groups is 1. The van der Waals surface area contributed by atoms with Crippen molar-refractivity contribution in [3.63, 3.8) is 0 Å². The highest BCUT2D eigenvalue weighted by Gasteiger charge is 2.24. The van der Waals surface area contributed by atoms with Crippen LogP contribution in [0.1, 0.15) is 12.8 Å². The Bertz CT molecular complexity index is 1440. The number of rotatable bonds is 10. The monoisotopic (exact) mass is 538 g/mol. The molecule has 0 unspecified atom stereocenters. The van der Waals surface area contributed by atoms with Crippen molar-refractivity contribution in [2.75, 3.05) is 30.2 Å². The van der Waals surface area contributed by atoms with Gasteiger partial charge in [0.15, 0.2) is 0 Å². The summed E-state index contributed by atoms with van der Waals surface area (Å²) < 4.78 is 28.6. The lowest BCUT2D eigenvalue weighted by Crippen LogP contribution is -2.30. The average Bonchev–Trinajstić information content (AvgIpc) is 3.62. The summed E-state index contributed by atoms with van der Waals surface area (Å²) in [5, 5.41) is 15.7. The number of anilines is 1. The molecule has 1 aliphatic carbocycles. The van der Waals surface area contributed by atoms with Gasteiger partial charge in [0.2, 0.25) is 5.88 Å². The van der Waals surface area contributed by atoms with Gasteiger partial charge in [-0.05, 0) is 71.8 Å². The molecular formula is C27H29FN5O4S+. The summed E-state index contributed by atoms with van der Waals surface area (Å²) in [5.74, 6) is 0.975. The molecule has 0 spiro atoms. The lowest BCUT2D eigenvalue weighted by molar-refractivity contribution is 0.0934. The number of ether oxygens (including phenoxy) is 2. The number of hydrogen-bond acceptors (Lipinski definition) is 6. The molecule has 2 aromatic heterocycles. The number of halogens is 1. The topological polar surface area (TPSA) is 111 Å². The summed E-state index contributed by atoms with van der Waals surface area (Å²) in [4.78, 5) is 20.7. The molecule has 1 saturated carbocycles. The first-order chi connectivity index (χ1) is 18.4. The zero-order valence-electron chi connectivity index (χ0n) is 21.1. The first-order valence-corrected chi connectivity index (χ1v) is 14.4. The van der Waals surface area contributed by atoms with Crippen LogP contribution in [0.3, 0.4) is 0 Å². The van der Waals surface area contributed by atoms with Gasteiger partial charge in [-0.15, -0.1) is 0 Å². The van der Waals surface area contributed by atoms with Gasteiger partial charge in [0, 0.05) is 12.1 Å². The molecule has 0 atom stereocenters. The molecule has 9 nitrogen and oxygen atoms in total. The number of aromatic hydroxyl groups is 1. The number of amides is 2. The molecule has 2 amide bonds. The van der Waals surface area contributed by atoms with E-state index in [0.717, 1.165) is 29.9 Å². The summed E-state index contributed by atoms with van der Waals surface area (Å²) in [6, 6.07) is 12.7.